The lowest BCUT2D eigenvalue weighted by molar-refractivity contribution is -0.137. The highest BCUT2D eigenvalue weighted by Crippen LogP contribution is 2.32. The van der Waals surface area contributed by atoms with Gasteiger partial charge in [-0.1, -0.05) is 0 Å². The van der Waals surface area contributed by atoms with E-state index < -0.39 is 5.97 Å². The van der Waals surface area contributed by atoms with Gasteiger partial charge in [-0.3, -0.25) is 4.79 Å². The lowest BCUT2D eigenvalue weighted by Crippen LogP contribution is -2.46. The van der Waals surface area contributed by atoms with Gasteiger partial charge in [0.25, 0.3) is 0 Å². The van der Waals surface area contributed by atoms with Crippen molar-refractivity contribution < 1.29 is 19.1 Å². The Morgan fingerprint density at radius 3 is 2.57 bits per heavy atom. The van der Waals surface area contributed by atoms with Crippen LogP contribution in [0.25, 0.3) is 0 Å². The fourth-order valence-corrected chi connectivity index (χ4v) is 2.48. The Labute approximate surface area is 123 Å². The van der Waals surface area contributed by atoms with Crippen molar-refractivity contribution in [2.75, 3.05) is 13.1 Å². The summed E-state index contributed by atoms with van der Waals surface area (Å²) >= 11 is 0. The van der Waals surface area contributed by atoms with E-state index in [1.807, 2.05) is 6.07 Å². The summed E-state index contributed by atoms with van der Waals surface area (Å²) in [6.45, 7) is 0.737. The Morgan fingerprint density at radius 2 is 2.05 bits per heavy atom. The number of hydrogen-bond acceptors (Lipinski definition) is 3. The van der Waals surface area contributed by atoms with E-state index in [2.05, 4.69) is 0 Å². The van der Waals surface area contributed by atoms with Gasteiger partial charge in [-0.2, -0.15) is 0 Å². The lowest BCUT2D eigenvalue weighted by atomic mass is 10.3. The van der Waals surface area contributed by atoms with Crippen molar-refractivity contribution >= 4 is 12.0 Å². The third kappa shape index (κ3) is 3.77. The zero-order valence-electron chi connectivity index (χ0n) is 11.9. The van der Waals surface area contributed by atoms with E-state index in [0.29, 0.717) is 19.0 Å². The summed E-state index contributed by atoms with van der Waals surface area (Å²) in [7, 11) is 0. The predicted octanol–water partition coefficient (Wildman–Crippen LogP) is 2.16. The first-order valence-electron chi connectivity index (χ1n) is 7.43. The number of urea groups is 1. The maximum atomic E-state index is 12.7. The number of amides is 2. The van der Waals surface area contributed by atoms with Crippen LogP contribution in [0.5, 0.6) is 0 Å². The zero-order valence-corrected chi connectivity index (χ0v) is 11.9. The molecular weight excluding hydrogens is 272 g/mol. The van der Waals surface area contributed by atoms with Crippen LogP contribution in [-0.2, 0) is 11.3 Å². The molecule has 0 radical (unpaired) electrons. The van der Waals surface area contributed by atoms with Gasteiger partial charge in [-0.25, -0.2) is 4.79 Å². The molecule has 0 aromatic carbocycles. The van der Waals surface area contributed by atoms with Gasteiger partial charge in [-0.15, -0.1) is 0 Å². The number of carboxylic acid groups (broad SMARTS) is 1. The zero-order chi connectivity index (χ0) is 14.8. The van der Waals surface area contributed by atoms with Gasteiger partial charge < -0.3 is 19.3 Å². The van der Waals surface area contributed by atoms with Crippen LogP contribution >= 0.6 is 0 Å². The third-order valence-electron chi connectivity index (χ3n) is 3.91. The van der Waals surface area contributed by atoms with Crippen molar-refractivity contribution in [1.29, 1.82) is 0 Å². The van der Waals surface area contributed by atoms with E-state index >= 15 is 0 Å². The van der Waals surface area contributed by atoms with E-state index in [-0.39, 0.29) is 18.6 Å². The second-order valence-corrected chi connectivity index (χ2v) is 5.94. The Morgan fingerprint density at radius 1 is 1.29 bits per heavy atom. The normalized spacial score (nSPS) is 17.5. The molecule has 2 aliphatic carbocycles. The number of nitrogens with zero attached hydrogens (tertiary/aromatic N) is 2. The molecule has 3 rings (SSSR count). The van der Waals surface area contributed by atoms with Gasteiger partial charge in [0.1, 0.15) is 12.3 Å². The largest absolute Gasteiger partial charge is 0.480 e. The monoisotopic (exact) mass is 292 g/mol. The summed E-state index contributed by atoms with van der Waals surface area (Å²) < 4.78 is 5.32. The Bertz CT molecular complexity index is 506. The summed E-state index contributed by atoms with van der Waals surface area (Å²) in [4.78, 5) is 26.9. The molecule has 0 saturated heterocycles. The smallest absolute Gasteiger partial charge is 0.323 e. The second kappa shape index (κ2) is 5.79. The van der Waals surface area contributed by atoms with Crippen LogP contribution < -0.4 is 0 Å². The molecule has 0 atom stereocenters. The molecule has 1 aromatic heterocycles. The molecule has 114 valence electrons. The first kappa shape index (κ1) is 14.0. The number of aliphatic carboxylic acids is 1. The number of rotatable bonds is 7. The highest BCUT2D eigenvalue weighted by molar-refractivity contribution is 5.80. The second-order valence-electron chi connectivity index (χ2n) is 5.94. The van der Waals surface area contributed by atoms with Gasteiger partial charge in [0.05, 0.1) is 12.8 Å². The highest BCUT2D eigenvalue weighted by atomic mass is 16.4. The molecule has 0 spiro atoms. The van der Waals surface area contributed by atoms with Crippen LogP contribution in [0, 0.1) is 5.92 Å². The van der Waals surface area contributed by atoms with Gasteiger partial charge >= 0.3 is 12.0 Å². The topological polar surface area (TPSA) is 74.0 Å². The van der Waals surface area contributed by atoms with Crippen molar-refractivity contribution in [3.8, 4) is 0 Å². The average Bonchev–Trinajstić information content (AvgIpc) is 3.36. The predicted molar refractivity (Wildman–Crippen MR) is 74.6 cm³/mol. The molecule has 0 bridgehead atoms. The molecular formula is C15H20N2O4. The molecule has 2 saturated carbocycles. The van der Waals surface area contributed by atoms with E-state index in [1.165, 1.54) is 4.90 Å². The fourth-order valence-electron chi connectivity index (χ4n) is 2.48. The van der Waals surface area contributed by atoms with Crippen LogP contribution in [0.1, 0.15) is 31.4 Å². The highest BCUT2D eigenvalue weighted by Gasteiger charge is 2.37. The fraction of sp³-hybridized carbons (Fsp3) is 0.600. The summed E-state index contributed by atoms with van der Waals surface area (Å²) in [6, 6.07) is 3.68. The van der Waals surface area contributed by atoms with Crippen LogP contribution in [0.15, 0.2) is 22.8 Å². The van der Waals surface area contributed by atoms with Crippen molar-refractivity contribution in [3.05, 3.63) is 24.2 Å². The molecule has 21 heavy (non-hydrogen) atoms. The minimum atomic E-state index is -0.960. The average molecular weight is 292 g/mol. The van der Waals surface area contributed by atoms with Crippen molar-refractivity contribution in [3.63, 3.8) is 0 Å². The molecule has 6 nitrogen and oxygen atoms in total. The molecule has 1 N–H and O–H groups in total. The molecule has 2 aliphatic rings. The van der Waals surface area contributed by atoms with E-state index in [9.17, 15) is 9.59 Å². The molecule has 0 aliphatic heterocycles. The van der Waals surface area contributed by atoms with Gasteiger partial charge in [0.15, 0.2) is 0 Å². The molecule has 2 amide bonds. The molecule has 1 heterocycles. The Kier molecular flexibility index (Phi) is 3.86. The third-order valence-corrected chi connectivity index (χ3v) is 3.91. The van der Waals surface area contributed by atoms with Gasteiger partial charge in [0, 0.05) is 12.6 Å². The van der Waals surface area contributed by atoms with Crippen LogP contribution in [0.2, 0.25) is 0 Å². The molecule has 2 fully saturated rings. The number of carbonyl (C=O) groups excluding carboxylic acids is 1. The maximum Gasteiger partial charge on any atom is 0.323 e. The van der Waals surface area contributed by atoms with Gasteiger partial charge in [-0.05, 0) is 43.7 Å². The Hall–Kier alpha value is -1.98. The number of carboxylic acids is 1. The van der Waals surface area contributed by atoms with Gasteiger partial charge in [0.2, 0.25) is 0 Å². The van der Waals surface area contributed by atoms with E-state index in [1.54, 1.807) is 17.2 Å². The first-order chi connectivity index (χ1) is 10.1. The molecule has 6 heteroatoms. The quantitative estimate of drug-likeness (QED) is 0.835. The van der Waals surface area contributed by atoms with E-state index in [4.69, 9.17) is 9.52 Å². The summed E-state index contributed by atoms with van der Waals surface area (Å²) in [5, 5.41) is 9.03. The lowest BCUT2D eigenvalue weighted by Gasteiger charge is -2.29. The van der Waals surface area contributed by atoms with Crippen LogP contribution in [0.3, 0.4) is 0 Å². The van der Waals surface area contributed by atoms with Crippen molar-refractivity contribution in [1.82, 2.24) is 9.80 Å². The van der Waals surface area contributed by atoms with Crippen molar-refractivity contribution in [2.24, 2.45) is 5.92 Å². The summed E-state index contributed by atoms with van der Waals surface area (Å²) in [5.74, 6) is 0.243. The van der Waals surface area contributed by atoms with E-state index in [0.717, 1.165) is 31.4 Å². The molecule has 1 aromatic rings. The summed E-state index contributed by atoms with van der Waals surface area (Å²) in [5.41, 5.74) is 0. The minimum Gasteiger partial charge on any atom is -0.480 e. The molecule has 0 unspecified atom stereocenters. The number of hydrogen-bond donors (Lipinski definition) is 1. The standard InChI is InChI=1S/C15H20N2O4/c18-14(19)10-16(8-11-3-4-11)15(20)17(12-5-6-12)9-13-2-1-7-21-13/h1-2,7,11-12H,3-6,8-10H2,(H,18,19). The van der Waals surface area contributed by atoms with Crippen LogP contribution in [-0.4, -0.2) is 46.0 Å². The van der Waals surface area contributed by atoms with Crippen molar-refractivity contribution in [2.45, 2.75) is 38.3 Å². The minimum absolute atomic E-state index is 0.178. The Balaban J connectivity index is 1.69. The maximum absolute atomic E-state index is 12.7. The van der Waals surface area contributed by atoms with Crippen LogP contribution in [0.4, 0.5) is 4.79 Å². The summed E-state index contributed by atoms with van der Waals surface area (Å²) in [6.07, 6.45) is 5.73. The number of carbonyl (C=O) groups is 2. The number of furan rings is 1. The SMILES string of the molecule is O=C(O)CN(CC1CC1)C(=O)N(Cc1ccco1)C1CC1. The first-order valence-corrected chi connectivity index (χ1v) is 7.43.